The smallest absolute Gasteiger partial charge is 0.0636 e. The van der Waals surface area contributed by atoms with E-state index in [9.17, 15) is 0 Å². The van der Waals surface area contributed by atoms with E-state index in [1.54, 1.807) is 6.92 Å². The minimum atomic E-state index is -0.297. The summed E-state index contributed by atoms with van der Waals surface area (Å²) in [5.41, 5.74) is 1.20. The Hall–Kier alpha value is 0.1000. The van der Waals surface area contributed by atoms with E-state index in [0.717, 1.165) is 15.5 Å². The van der Waals surface area contributed by atoms with Crippen molar-refractivity contribution in [2.75, 3.05) is 6.54 Å². The second-order valence-electron chi connectivity index (χ2n) is 3.23. The van der Waals surface area contributed by atoms with E-state index in [4.69, 9.17) is 5.11 Å². The number of rotatable bonds is 4. The first-order valence-corrected chi connectivity index (χ1v) is 6.01. The fourth-order valence-electron chi connectivity index (χ4n) is 1.07. The predicted octanol–water partition coefficient (Wildman–Crippen LogP) is 2.68. The fourth-order valence-corrected chi connectivity index (χ4v) is 1.75. The summed E-state index contributed by atoms with van der Waals surface area (Å²) < 4.78 is 2.10. The fraction of sp³-hybridized carbons (Fsp3) is 0.400. The van der Waals surface area contributed by atoms with Crippen LogP contribution in [0.3, 0.4) is 0 Å². The van der Waals surface area contributed by atoms with E-state index in [2.05, 4.69) is 43.2 Å². The third kappa shape index (κ3) is 4.09. The number of aliphatic hydroxyl groups excluding tert-OH is 1. The monoisotopic (exact) mass is 321 g/mol. The molecule has 1 aromatic carbocycles. The maximum Gasteiger partial charge on any atom is 0.0636 e. The number of benzene rings is 1. The van der Waals surface area contributed by atoms with E-state index in [1.807, 2.05) is 12.1 Å². The topological polar surface area (TPSA) is 32.3 Å². The molecule has 0 aliphatic carbocycles. The molecule has 0 saturated carbocycles. The van der Waals surface area contributed by atoms with Gasteiger partial charge in [0.15, 0.2) is 0 Å². The summed E-state index contributed by atoms with van der Waals surface area (Å²) in [7, 11) is 0. The zero-order valence-corrected chi connectivity index (χ0v) is 11.1. The SMILES string of the molecule is CC(O)CNCc1ccc(Br)c(Br)c1. The van der Waals surface area contributed by atoms with E-state index in [-0.39, 0.29) is 6.10 Å². The highest BCUT2D eigenvalue weighted by Gasteiger charge is 1.99. The zero-order chi connectivity index (χ0) is 10.6. The molecule has 0 bridgehead atoms. The van der Waals surface area contributed by atoms with Crippen molar-refractivity contribution in [1.29, 1.82) is 0 Å². The first kappa shape index (κ1) is 12.2. The Morgan fingerprint density at radius 1 is 1.36 bits per heavy atom. The lowest BCUT2D eigenvalue weighted by Crippen LogP contribution is -2.23. The molecule has 14 heavy (non-hydrogen) atoms. The van der Waals surface area contributed by atoms with Gasteiger partial charge >= 0.3 is 0 Å². The number of nitrogens with one attached hydrogen (secondary N) is 1. The summed E-state index contributed by atoms with van der Waals surface area (Å²) >= 11 is 6.86. The standard InChI is InChI=1S/C10H13Br2NO/c1-7(14)5-13-6-8-2-3-9(11)10(12)4-8/h2-4,7,13-14H,5-6H2,1H3. The van der Waals surface area contributed by atoms with Crippen molar-refractivity contribution >= 4 is 31.9 Å². The van der Waals surface area contributed by atoms with Gasteiger partial charge in [0.25, 0.3) is 0 Å². The van der Waals surface area contributed by atoms with Crippen LogP contribution in [0.5, 0.6) is 0 Å². The minimum Gasteiger partial charge on any atom is -0.392 e. The van der Waals surface area contributed by atoms with Crippen LogP contribution < -0.4 is 5.32 Å². The lowest BCUT2D eigenvalue weighted by atomic mass is 10.2. The van der Waals surface area contributed by atoms with Crippen LogP contribution in [0.1, 0.15) is 12.5 Å². The normalized spacial score (nSPS) is 12.9. The van der Waals surface area contributed by atoms with Crippen LogP contribution in [0.25, 0.3) is 0 Å². The summed E-state index contributed by atoms with van der Waals surface area (Å²) in [6.45, 7) is 3.16. The molecule has 2 nitrogen and oxygen atoms in total. The van der Waals surface area contributed by atoms with Crippen molar-refractivity contribution in [1.82, 2.24) is 5.32 Å². The molecule has 1 aromatic rings. The van der Waals surface area contributed by atoms with Gasteiger partial charge in [-0.25, -0.2) is 0 Å². The number of aliphatic hydroxyl groups is 1. The Balaban J connectivity index is 2.47. The molecule has 0 amide bonds. The second kappa shape index (κ2) is 5.85. The summed E-state index contributed by atoms with van der Waals surface area (Å²) in [4.78, 5) is 0. The minimum absolute atomic E-state index is 0.297. The molecule has 0 heterocycles. The van der Waals surface area contributed by atoms with Crippen LogP contribution in [-0.4, -0.2) is 17.8 Å². The third-order valence-electron chi connectivity index (χ3n) is 1.75. The van der Waals surface area contributed by atoms with Crippen LogP contribution in [0.15, 0.2) is 27.1 Å². The molecule has 1 rings (SSSR count). The summed E-state index contributed by atoms with van der Waals surface area (Å²) in [5.74, 6) is 0. The van der Waals surface area contributed by atoms with Crippen molar-refractivity contribution in [3.05, 3.63) is 32.7 Å². The second-order valence-corrected chi connectivity index (χ2v) is 4.94. The van der Waals surface area contributed by atoms with E-state index in [0.29, 0.717) is 6.54 Å². The van der Waals surface area contributed by atoms with E-state index >= 15 is 0 Å². The van der Waals surface area contributed by atoms with Crippen molar-refractivity contribution in [3.8, 4) is 0 Å². The van der Waals surface area contributed by atoms with Crippen LogP contribution in [0, 0.1) is 0 Å². The molecule has 4 heteroatoms. The average Bonchev–Trinajstić information content (AvgIpc) is 2.10. The lowest BCUT2D eigenvalue weighted by Gasteiger charge is -2.07. The van der Waals surface area contributed by atoms with Crippen LogP contribution >= 0.6 is 31.9 Å². The summed E-state index contributed by atoms with van der Waals surface area (Å²) in [6, 6.07) is 6.10. The summed E-state index contributed by atoms with van der Waals surface area (Å²) in [6.07, 6.45) is -0.297. The van der Waals surface area contributed by atoms with Crippen LogP contribution in [-0.2, 0) is 6.54 Å². The van der Waals surface area contributed by atoms with Crippen LogP contribution in [0.4, 0.5) is 0 Å². The van der Waals surface area contributed by atoms with Gasteiger partial charge in [0.05, 0.1) is 6.10 Å². The molecule has 1 atom stereocenters. The predicted molar refractivity (Wildman–Crippen MR) is 65.2 cm³/mol. The zero-order valence-electron chi connectivity index (χ0n) is 7.93. The van der Waals surface area contributed by atoms with E-state index < -0.39 is 0 Å². The van der Waals surface area contributed by atoms with E-state index in [1.165, 1.54) is 5.56 Å². The van der Waals surface area contributed by atoms with Gasteiger partial charge in [-0.2, -0.15) is 0 Å². The van der Waals surface area contributed by atoms with Gasteiger partial charge in [-0.3, -0.25) is 0 Å². The molecule has 0 radical (unpaired) electrons. The molecule has 0 aliphatic heterocycles. The molecular formula is C10H13Br2NO. The summed E-state index contributed by atoms with van der Waals surface area (Å²) in [5, 5.41) is 12.2. The van der Waals surface area contributed by atoms with Crippen molar-refractivity contribution in [3.63, 3.8) is 0 Å². The Kier molecular flexibility index (Phi) is 5.09. The average molecular weight is 323 g/mol. The highest BCUT2D eigenvalue weighted by atomic mass is 79.9. The maximum atomic E-state index is 9.05. The molecule has 0 aliphatic rings. The quantitative estimate of drug-likeness (QED) is 0.893. The van der Waals surface area contributed by atoms with Crippen molar-refractivity contribution in [2.45, 2.75) is 19.6 Å². The van der Waals surface area contributed by atoms with Gasteiger partial charge < -0.3 is 10.4 Å². The van der Waals surface area contributed by atoms with Crippen molar-refractivity contribution < 1.29 is 5.11 Å². The Morgan fingerprint density at radius 3 is 2.64 bits per heavy atom. The molecule has 1 unspecified atom stereocenters. The number of hydrogen-bond acceptors (Lipinski definition) is 2. The Bertz CT molecular complexity index is 302. The highest BCUT2D eigenvalue weighted by Crippen LogP contribution is 2.23. The number of hydrogen-bond donors (Lipinski definition) is 2. The van der Waals surface area contributed by atoms with Gasteiger partial charge in [0, 0.05) is 22.0 Å². The van der Waals surface area contributed by atoms with Crippen molar-refractivity contribution in [2.24, 2.45) is 0 Å². The first-order chi connectivity index (χ1) is 6.59. The maximum absolute atomic E-state index is 9.05. The highest BCUT2D eigenvalue weighted by molar-refractivity contribution is 9.13. The van der Waals surface area contributed by atoms with Gasteiger partial charge in [0.2, 0.25) is 0 Å². The molecule has 2 N–H and O–H groups in total. The van der Waals surface area contributed by atoms with Gasteiger partial charge in [-0.05, 0) is 56.5 Å². The van der Waals surface area contributed by atoms with Crippen LogP contribution in [0.2, 0.25) is 0 Å². The largest absolute Gasteiger partial charge is 0.392 e. The third-order valence-corrected chi connectivity index (χ3v) is 3.63. The van der Waals surface area contributed by atoms with Gasteiger partial charge in [-0.1, -0.05) is 6.07 Å². The molecule has 0 spiro atoms. The number of halogens is 2. The Labute approximate surface area is 101 Å². The molecule has 0 aromatic heterocycles. The van der Waals surface area contributed by atoms with Gasteiger partial charge in [0.1, 0.15) is 0 Å². The Morgan fingerprint density at radius 2 is 2.07 bits per heavy atom. The first-order valence-electron chi connectivity index (χ1n) is 4.42. The molecule has 0 saturated heterocycles. The molecular weight excluding hydrogens is 310 g/mol. The molecule has 0 fully saturated rings. The lowest BCUT2D eigenvalue weighted by molar-refractivity contribution is 0.191. The molecule has 78 valence electrons. The van der Waals surface area contributed by atoms with Gasteiger partial charge in [-0.15, -0.1) is 0 Å².